The van der Waals surface area contributed by atoms with E-state index in [9.17, 15) is 19.2 Å². The predicted molar refractivity (Wildman–Crippen MR) is 306 cm³/mol. The Morgan fingerprint density at radius 2 is 1.44 bits per heavy atom. The van der Waals surface area contributed by atoms with Gasteiger partial charge in [-0.1, -0.05) is 106 Å². The number of amides is 2. The Balaban J connectivity index is 1.77. The van der Waals surface area contributed by atoms with Crippen LogP contribution in [0.1, 0.15) is 148 Å². The largest absolute Gasteiger partial charge is 0.509 e. The van der Waals surface area contributed by atoms with E-state index in [1.807, 2.05) is 76.2 Å². The maximum atomic E-state index is 17.0. The van der Waals surface area contributed by atoms with Gasteiger partial charge in [-0.05, 0) is 107 Å². The molecule has 2 heterocycles. The first kappa shape index (κ1) is 65.1. The average Bonchev–Trinajstić information content (AvgIpc) is 3.73. The van der Waals surface area contributed by atoms with Gasteiger partial charge in [-0.2, -0.15) is 0 Å². The minimum absolute atomic E-state index is 0.0301. The van der Waals surface area contributed by atoms with Crippen molar-refractivity contribution in [3.63, 3.8) is 0 Å². The van der Waals surface area contributed by atoms with Gasteiger partial charge in [0, 0.05) is 32.9 Å². The lowest BCUT2D eigenvalue weighted by Gasteiger charge is -2.68. The van der Waals surface area contributed by atoms with Crippen molar-refractivity contribution in [2.45, 2.75) is 238 Å². The molecular weight excluding hydrogens is 1080 g/mol. The number of ketones is 1. The van der Waals surface area contributed by atoms with Gasteiger partial charge in [0.2, 0.25) is 13.9 Å². The molecule has 81 heavy (non-hydrogen) atoms. The van der Waals surface area contributed by atoms with E-state index in [1.54, 1.807) is 84.9 Å². The summed E-state index contributed by atoms with van der Waals surface area (Å²) in [6, 6.07) is 8.85. The number of carbonyl (C=O) groups excluding carboxylic acids is 7. The molecule has 12 atom stereocenters. The van der Waals surface area contributed by atoms with Crippen LogP contribution in [0.4, 0.5) is 14.4 Å². The maximum Gasteiger partial charge on any atom is 0.509 e. The number of nitrogens with one attached hydrogen (secondary N) is 1. The van der Waals surface area contributed by atoms with Crippen molar-refractivity contribution < 1.29 is 80.3 Å². The number of carbonyl (C=O) groups is 7. The smallest absolute Gasteiger partial charge is 0.454 e. The van der Waals surface area contributed by atoms with E-state index in [4.69, 9.17) is 46.7 Å². The summed E-state index contributed by atoms with van der Waals surface area (Å²) < 4.78 is 67.0. The van der Waals surface area contributed by atoms with Crippen LogP contribution in [-0.4, -0.2) is 150 Å². The molecule has 5 aliphatic rings. The van der Waals surface area contributed by atoms with Crippen molar-refractivity contribution in [2.75, 3.05) is 20.7 Å². The fourth-order valence-electron chi connectivity index (χ4n) is 14.4. The van der Waals surface area contributed by atoms with Crippen molar-refractivity contribution >= 4 is 58.7 Å². The number of esters is 3. The molecule has 4 fully saturated rings. The van der Waals surface area contributed by atoms with Crippen molar-refractivity contribution in [1.29, 1.82) is 0 Å². The zero-order valence-electron chi connectivity index (χ0n) is 51.8. The van der Waals surface area contributed by atoms with Gasteiger partial charge < -0.3 is 57.0 Å². The third-order valence-electron chi connectivity index (χ3n) is 18.3. The summed E-state index contributed by atoms with van der Waals surface area (Å²) in [4.78, 5) is 106. The minimum Gasteiger partial charge on any atom is -0.454 e. The molecule has 0 radical (unpaired) electrons. The van der Waals surface area contributed by atoms with Gasteiger partial charge in [0.25, 0.3) is 0 Å². The van der Waals surface area contributed by atoms with Gasteiger partial charge in [0.1, 0.15) is 11.7 Å². The van der Waals surface area contributed by atoms with Crippen LogP contribution in [0.3, 0.4) is 0 Å². The third kappa shape index (κ3) is 11.5. The highest BCUT2D eigenvalue weighted by Gasteiger charge is 2.84. The highest BCUT2D eigenvalue weighted by atomic mass is 28.4. The lowest BCUT2D eigenvalue weighted by atomic mass is 9.44. The molecule has 2 bridgehead atoms. The van der Waals surface area contributed by atoms with Crippen LogP contribution in [0.15, 0.2) is 53.1 Å². The van der Waals surface area contributed by atoms with Crippen LogP contribution in [0, 0.1) is 16.7 Å². The zero-order valence-corrected chi connectivity index (χ0v) is 53.8. The van der Waals surface area contributed by atoms with Gasteiger partial charge in [-0.15, -0.1) is 0 Å². The first-order chi connectivity index (χ1) is 37.5. The van der Waals surface area contributed by atoms with E-state index in [0.717, 1.165) is 0 Å². The zero-order chi connectivity index (χ0) is 60.9. The molecule has 1 unspecified atom stereocenters. The number of nitrogens with zero attached hydrogens (tertiary/aromatic N) is 1. The highest BCUT2D eigenvalue weighted by Crippen LogP contribution is 2.67. The third-order valence-corrected chi connectivity index (χ3v) is 29.0. The van der Waals surface area contributed by atoms with Gasteiger partial charge in [-0.3, -0.25) is 9.59 Å². The Morgan fingerprint density at radius 3 is 1.93 bits per heavy atom. The molecule has 6 rings (SSSR count). The number of hydrogen-bond acceptors (Lipinski definition) is 17. The number of fused-ring (bicyclic) bond motifs is 4. The Kier molecular flexibility index (Phi) is 19.2. The molecule has 1 N–H and O–H groups in total. The molecule has 21 heteroatoms. The number of Topliss-reactive ketones (excluding diaryl/α,β-unsaturated/α-hetero) is 1. The number of benzene rings is 1. The molecule has 2 aliphatic heterocycles. The number of allylic oxidation sites excluding steroid dienone is 1. The molecule has 19 nitrogen and oxygen atoms in total. The van der Waals surface area contributed by atoms with Crippen molar-refractivity contribution in [2.24, 2.45) is 16.7 Å². The Labute approximate surface area is 481 Å². The van der Waals surface area contributed by atoms with Crippen LogP contribution < -0.4 is 5.32 Å². The maximum absolute atomic E-state index is 17.0. The topological polar surface area (TPSA) is 227 Å². The van der Waals surface area contributed by atoms with Crippen molar-refractivity contribution in [3.8, 4) is 0 Å². The average molecular weight is 1170 g/mol. The Morgan fingerprint density at radius 1 is 0.864 bits per heavy atom. The first-order valence-electron chi connectivity index (χ1n) is 28.8. The summed E-state index contributed by atoms with van der Waals surface area (Å²) in [7, 11) is -2.94. The molecule has 0 aromatic heterocycles. The standard InChI is InChI=1S/C60H92N2O17Si2/c1-22-80(23-2,24-3)78-41-31-42-59(32-70-42,75-38(13)63)47-50(73-51(65)39-28-26-25-27-29-39)60-49(74-55(69)77-60)44(37(12)43(57(60,17)18)46(48(64)58(41,47)19)72-54(68)62(20)21)71-52(66)45(79-81(34(6)7,35(8)9)36(10)11)40(30-33(4)5)61-53(67)76-56(14,15)16/h25-30,34-36,40-42,44-47,49-50H,22-24,31-32H2,1-21H3,(H,61,67)/t40-,41-,42+,44+,45+,46+,47?,49-,50-,58+,59-,60+/m0/s1. The fraction of sp³-hybridized carbons (Fsp3) is 0.717. The molecule has 1 aromatic rings. The quantitative estimate of drug-likeness (QED) is 0.0588. The van der Waals surface area contributed by atoms with Crippen LogP contribution in [0.5, 0.6) is 0 Å². The molecule has 1 aromatic carbocycles. The number of alkyl carbamates (subject to hydrolysis) is 1. The van der Waals surface area contributed by atoms with Crippen LogP contribution in [0.2, 0.25) is 34.8 Å². The number of ether oxygens (including phenoxy) is 8. The SMILES string of the molecule is CC[Si](CC)(CC)O[C@H]1C[C@H]2OC[C@@]2(OC(C)=O)C2[C@H](OC(=O)c3ccccc3)[C@]34OC(=O)O[C@H]3[C@H](OC(=O)[C@H](O[Si](C(C)C)(C(C)C)C(C)C)[C@H](C=C(C)C)NC(=O)OC(C)(C)C)C(C)=C([C@@H](OC(=O)N(C)C)C(=O)[C@@]21C)C4(C)C. The minimum atomic E-state index is -3.12. The lowest BCUT2D eigenvalue weighted by Crippen LogP contribution is -2.83. The summed E-state index contributed by atoms with van der Waals surface area (Å²) in [6.45, 7) is 34.7. The van der Waals surface area contributed by atoms with E-state index < -0.39 is 141 Å². The van der Waals surface area contributed by atoms with Crippen LogP contribution in [-0.2, 0) is 61.1 Å². The number of rotatable bonds is 19. The van der Waals surface area contributed by atoms with E-state index in [2.05, 4.69) is 5.32 Å². The molecule has 2 saturated heterocycles. The first-order valence-corrected chi connectivity index (χ1v) is 33.5. The Bertz CT molecular complexity index is 2590. The van der Waals surface area contributed by atoms with E-state index in [0.29, 0.717) is 23.7 Å². The summed E-state index contributed by atoms with van der Waals surface area (Å²) in [5, 5.41) is 2.90. The summed E-state index contributed by atoms with van der Waals surface area (Å²) in [5.41, 5.74) is -8.02. The van der Waals surface area contributed by atoms with Gasteiger partial charge in [0.05, 0.1) is 35.6 Å². The second-order valence-electron chi connectivity index (χ2n) is 25.9. The second kappa shape index (κ2) is 23.9. The highest BCUT2D eigenvalue weighted by molar-refractivity contribution is 6.77. The van der Waals surface area contributed by atoms with Crippen molar-refractivity contribution in [3.05, 3.63) is 58.7 Å². The lowest BCUT2D eigenvalue weighted by molar-refractivity contribution is -0.344. The van der Waals surface area contributed by atoms with Crippen LogP contribution in [0.25, 0.3) is 0 Å². The van der Waals surface area contributed by atoms with Gasteiger partial charge >= 0.3 is 36.2 Å². The number of hydrogen-bond donors (Lipinski definition) is 1. The molecule has 2 amide bonds. The van der Waals surface area contributed by atoms with Crippen LogP contribution >= 0.6 is 0 Å². The monoisotopic (exact) mass is 1170 g/mol. The molecule has 1 spiro atoms. The van der Waals surface area contributed by atoms with Crippen molar-refractivity contribution in [1.82, 2.24) is 10.2 Å². The molecule has 452 valence electrons. The molecular formula is C60H92N2O17Si2. The van der Waals surface area contributed by atoms with E-state index in [1.165, 1.54) is 25.9 Å². The predicted octanol–water partition coefficient (Wildman–Crippen LogP) is 10.9. The normalized spacial score (nSPS) is 29.5. The van der Waals surface area contributed by atoms with E-state index in [-0.39, 0.29) is 46.4 Å². The van der Waals surface area contributed by atoms with E-state index >= 15 is 14.4 Å². The van der Waals surface area contributed by atoms with Gasteiger partial charge in [-0.25, -0.2) is 24.0 Å². The molecule has 3 aliphatic carbocycles. The summed E-state index contributed by atoms with van der Waals surface area (Å²) in [6.07, 6.45) is -12.0. The molecule has 2 saturated carbocycles. The summed E-state index contributed by atoms with van der Waals surface area (Å²) >= 11 is 0. The summed E-state index contributed by atoms with van der Waals surface area (Å²) in [5.74, 6) is -4.88. The Hall–Kier alpha value is -5.10. The van der Waals surface area contributed by atoms with Gasteiger partial charge in [0.15, 0.2) is 50.2 Å². The fourth-order valence-corrected chi connectivity index (χ4v) is 22.8. The second-order valence-corrected chi connectivity index (χ2v) is 36.1.